The van der Waals surface area contributed by atoms with Crippen molar-refractivity contribution >= 4 is 5.91 Å². The fourth-order valence-corrected chi connectivity index (χ4v) is 2.24. The normalized spacial score (nSPS) is 27.8. The minimum absolute atomic E-state index is 0.0268. The Balaban J connectivity index is 2.32. The van der Waals surface area contributed by atoms with Crippen LogP contribution in [0.25, 0.3) is 0 Å². The lowest BCUT2D eigenvalue weighted by Crippen LogP contribution is -2.46. The highest BCUT2D eigenvalue weighted by molar-refractivity contribution is 5.81. The first-order chi connectivity index (χ1) is 8.10. The zero-order chi connectivity index (χ0) is 12.8. The van der Waals surface area contributed by atoms with Gasteiger partial charge in [-0.25, -0.2) is 0 Å². The summed E-state index contributed by atoms with van der Waals surface area (Å²) >= 11 is 0. The zero-order valence-corrected chi connectivity index (χ0v) is 11.2. The van der Waals surface area contributed by atoms with Crippen molar-refractivity contribution < 1.29 is 9.53 Å². The molecule has 4 atom stereocenters. The van der Waals surface area contributed by atoms with Crippen LogP contribution in [0.2, 0.25) is 0 Å². The van der Waals surface area contributed by atoms with Crippen molar-refractivity contribution in [2.24, 2.45) is 17.6 Å². The van der Waals surface area contributed by atoms with Gasteiger partial charge in [-0.1, -0.05) is 27.2 Å². The summed E-state index contributed by atoms with van der Waals surface area (Å²) in [7, 11) is 0. The van der Waals surface area contributed by atoms with Crippen molar-refractivity contribution in [2.45, 2.75) is 52.2 Å². The van der Waals surface area contributed by atoms with E-state index < -0.39 is 0 Å². The largest absolute Gasteiger partial charge is 0.378 e. The average Bonchev–Trinajstić information content (AvgIpc) is 2.81. The highest BCUT2D eigenvalue weighted by Crippen LogP contribution is 2.22. The molecule has 1 saturated heterocycles. The number of hydrogen-bond donors (Lipinski definition) is 2. The van der Waals surface area contributed by atoms with Gasteiger partial charge in [-0.2, -0.15) is 0 Å². The van der Waals surface area contributed by atoms with E-state index in [4.69, 9.17) is 10.5 Å². The molecule has 0 aromatic heterocycles. The van der Waals surface area contributed by atoms with E-state index in [1.54, 1.807) is 0 Å². The third-order valence-electron chi connectivity index (χ3n) is 3.85. The van der Waals surface area contributed by atoms with Crippen LogP contribution < -0.4 is 11.1 Å². The van der Waals surface area contributed by atoms with Gasteiger partial charge >= 0.3 is 0 Å². The number of carbonyl (C=O) groups is 1. The maximum atomic E-state index is 11.8. The Hall–Kier alpha value is -0.610. The number of amides is 1. The zero-order valence-electron chi connectivity index (χ0n) is 11.2. The van der Waals surface area contributed by atoms with Gasteiger partial charge in [0.1, 0.15) is 0 Å². The van der Waals surface area contributed by atoms with Gasteiger partial charge in [0.05, 0.1) is 12.1 Å². The Kier molecular flexibility index (Phi) is 5.92. The lowest BCUT2D eigenvalue weighted by molar-refractivity contribution is -0.123. The Morgan fingerprint density at radius 3 is 2.82 bits per heavy atom. The minimum Gasteiger partial charge on any atom is -0.378 e. The number of carbonyl (C=O) groups excluding carboxylic acids is 1. The Labute approximate surface area is 104 Å². The molecule has 1 heterocycles. The fourth-order valence-electron chi connectivity index (χ4n) is 2.24. The van der Waals surface area contributed by atoms with E-state index in [1.807, 2.05) is 6.92 Å². The summed E-state index contributed by atoms with van der Waals surface area (Å²) in [6.45, 7) is 7.70. The number of rotatable bonds is 6. The highest BCUT2D eigenvalue weighted by Gasteiger charge is 2.28. The smallest absolute Gasteiger partial charge is 0.237 e. The van der Waals surface area contributed by atoms with E-state index in [1.165, 1.54) is 0 Å². The Morgan fingerprint density at radius 2 is 2.24 bits per heavy atom. The summed E-state index contributed by atoms with van der Waals surface area (Å²) in [5.41, 5.74) is 5.88. The number of hydrogen-bond acceptors (Lipinski definition) is 3. The van der Waals surface area contributed by atoms with Crippen LogP contribution in [0.4, 0.5) is 0 Å². The molecule has 1 rings (SSSR count). The van der Waals surface area contributed by atoms with Crippen LogP contribution in [-0.2, 0) is 9.53 Å². The van der Waals surface area contributed by atoms with E-state index in [-0.39, 0.29) is 17.9 Å². The quantitative estimate of drug-likeness (QED) is 0.737. The van der Waals surface area contributed by atoms with Gasteiger partial charge in [0, 0.05) is 19.1 Å². The number of nitrogens with two attached hydrogens (primary N) is 1. The summed E-state index contributed by atoms with van der Waals surface area (Å²) in [4.78, 5) is 11.8. The number of nitrogens with one attached hydrogen (secondary N) is 1. The summed E-state index contributed by atoms with van der Waals surface area (Å²) in [6, 6.07) is -0.387. The molecule has 17 heavy (non-hydrogen) atoms. The van der Waals surface area contributed by atoms with Gasteiger partial charge in [-0.05, 0) is 18.8 Å². The molecular weight excluding hydrogens is 216 g/mol. The second-order valence-electron chi connectivity index (χ2n) is 5.02. The van der Waals surface area contributed by atoms with Crippen molar-refractivity contribution in [3.05, 3.63) is 0 Å². The molecule has 1 amide bonds. The molecule has 1 fully saturated rings. The van der Waals surface area contributed by atoms with Crippen molar-refractivity contribution in [1.29, 1.82) is 0 Å². The molecule has 4 nitrogen and oxygen atoms in total. The fraction of sp³-hybridized carbons (Fsp3) is 0.923. The predicted octanol–water partition coefficient (Wildman–Crippen LogP) is 1.29. The van der Waals surface area contributed by atoms with Gasteiger partial charge in [-0.3, -0.25) is 4.79 Å². The van der Waals surface area contributed by atoms with E-state index in [2.05, 4.69) is 19.2 Å². The third kappa shape index (κ3) is 3.96. The molecule has 3 unspecified atom stereocenters. The lowest BCUT2D eigenvalue weighted by atomic mass is 9.97. The van der Waals surface area contributed by atoms with Gasteiger partial charge in [0.25, 0.3) is 0 Å². The van der Waals surface area contributed by atoms with Gasteiger partial charge in [0.15, 0.2) is 0 Å². The number of ether oxygens (including phenoxy) is 1. The van der Waals surface area contributed by atoms with Crippen LogP contribution in [0.15, 0.2) is 0 Å². The van der Waals surface area contributed by atoms with E-state index in [0.29, 0.717) is 18.6 Å². The first-order valence-corrected chi connectivity index (χ1v) is 6.75. The SMILES string of the molecule is CCC1OCCC1CNC(=O)[C@@H](N)C(C)CC. The molecule has 1 aliphatic rings. The monoisotopic (exact) mass is 242 g/mol. The molecule has 0 aromatic rings. The molecule has 0 spiro atoms. The second-order valence-corrected chi connectivity index (χ2v) is 5.02. The average molecular weight is 242 g/mol. The first-order valence-electron chi connectivity index (χ1n) is 6.75. The lowest BCUT2D eigenvalue weighted by Gasteiger charge is -2.21. The molecular formula is C13H26N2O2. The molecule has 4 heteroatoms. The molecule has 0 aromatic carbocycles. The first kappa shape index (κ1) is 14.5. The van der Waals surface area contributed by atoms with Crippen LogP contribution in [0.3, 0.4) is 0 Å². The summed E-state index contributed by atoms with van der Waals surface area (Å²) in [5, 5.41) is 2.96. The maximum Gasteiger partial charge on any atom is 0.237 e. The molecule has 3 N–H and O–H groups in total. The van der Waals surface area contributed by atoms with Crippen molar-refractivity contribution in [3.8, 4) is 0 Å². The summed E-state index contributed by atoms with van der Waals surface area (Å²) < 4.78 is 5.59. The van der Waals surface area contributed by atoms with Crippen LogP contribution >= 0.6 is 0 Å². The third-order valence-corrected chi connectivity index (χ3v) is 3.85. The molecule has 0 aliphatic carbocycles. The topological polar surface area (TPSA) is 64.3 Å². The van der Waals surface area contributed by atoms with Crippen LogP contribution in [0.1, 0.15) is 40.0 Å². The molecule has 100 valence electrons. The molecule has 0 saturated carbocycles. The Morgan fingerprint density at radius 1 is 1.53 bits per heavy atom. The molecule has 0 radical (unpaired) electrons. The van der Waals surface area contributed by atoms with Crippen LogP contribution in [0.5, 0.6) is 0 Å². The van der Waals surface area contributed by atoms with Crippen molar-refractivity contribution in [1.82, 2.24) is 5.32 Å². The van der Waals surface area contributed by atoms with E-state index in [9.17, 15) is 4.79 Å². The van der Waals surface area contributed by atoms with E-state index >= 15 is 0 Å². The van der Waals surface area contributed by atoms with Crippen molar-refractivity contribution in [2.75, 3.05) is 13.2 Å². The summed E-state index contributed by atoms with van der Waals surface area (Å²) in [5.74, 6) is 0.658. The Bertz CT molecular complexity index is 246. The minimum atomic E-state index is -0.387. The van der Waals surface area contributed by atoms with Crippen LogP contribution in [0, 0.1) is 11.8 Å². The van der Waals surface area contributed by atoms with Crippen LogP contribution in [-0.4, -0.2) is 31.2 Å². The van der Waals surface area contributed by atoms with Crippen molar-refractivity contribution in [3.63, 3.8) is 0 Å². The van der Waals surface area contributed by atoms with E-state index in [0.717, 1.165) is 25.9 Å². The summed E-state index contributed by atoms with van der Waals surface area (Å²) in [6.07, 6.45) is 3.28. The standard InChI is InChI=1S/C13H26N2O2/c1-4-9(3)12(14)13(16)15-8-10-6-7-17-11(10)5-2/h9-12H,4-8,14H2,1-3H3,(H,15,16)/t9?,10?,11?,12-/m0/s1. The maximum absolute atomic E-state index is 11.8. The molecule has 0 bridgehead atoms. The van der Waals surface area contributed by atoms with Gasteiger partial charge in [-0.15, -0.1) is 0 Å². The van der Waals surface area contributed by atoms with Gasteiger partial charge in [0.2, 0.25) is 5.91 Å². The highest BCUT2D eigenvalue weighted by atomic mass is 16.5. The predicted molar refractivity (Wildman–Crippen MR) is 68.6 cm³/mol. The molecule has 1 aliphatic heterocycles. The van der Waals surface area contributed by atoms with Gasteiger partial charge < -0.3 is 15.8 Å². The second kappa shape index (κ2) is 6.97.